The number of carbonyl (C=O) groups excluding carboxylic acids is 1. The monoisotopic (exact) mass is 327 g/mol. The zero-order valence-corrected chi connectivity index (χ0v) is 15.1. The first-order chi connectivity index (χ1) is 10.7. The highest BCUT2D eigenvalue weighted by Crippen LogP contribution is 2.34. The molecule has 1 saturated heterocycles. The van der Waals surface area contributed by atoms with Gasteiger partial charge in [0.15, 0.2) is 0 Å². The Morgan fingerprint density at radius 1 is 1.35 bits per heavy atom. The van der Waals surface area contributed by atoms with Crippen molar-refractivity contribution in [3.05, 3.63) is 0 Å². The first-order valence-electron chi connectivity index (χ1n) is 8.96. The molecule has 5 heteroatoms. The minimum absolute atomic E-state index is 0.0396. The van der Waals surface area contributed by atoms with Crippen LogP contribution in [0.1, 0.15) is 53.4 Å². The molecule has 0 amide bonds. The second-order valence-corrected chi connectivity index (χ2v) is 8.21. The number of β-amino-alcohol motifs (C(OH)–C–C–N with tert-alkyl or cyclic N) is 1. The number of morpholine rings is 1. The molecule has 0 aromatic carbocycles. The number of aliphatic hydroxyl groups is 1. The maximum absolute atomic E-state index is 11.8. The summed E-state index contributed by atoms with van der Waals surface area (Å²) in [6.07, 6.45) is 3.00. The topological polar surface area (TPSA) is 59.0 Å². The van der Waals surface area contributed by atoms with Crippen LogP contribution in [0.4, 0.5) is 0 Å². The largest absolute Gasteiger partial charge is 0.466 e. The highest BCUT2D eigenvalue weighted by Gasteiger charge is 2.39. The maximum Gasteiger partial charge on any atom is 0.308 e. The number of ether oxygens (including phenoxy) is 2. The molecule has 2 rings (SSSR count). The van der Waals surface area contributed by atoms with E-state index in [1.54, 1.807) is 0 Å². The van der Waals surface area contributed by atoms with Crippen LogP contribution in [0.25, 0.3) is 0 Å². The molecule has 2 aliphatic rings. The van der Waals surface area contributed by atoms with Gasteiger partial charge in [0.2, 0.25) is 0 Å². The summed E-state index contributed by atoms with van der Waals surface area (Å²) in [6.45, 7) is 12.0. The molecule has 23 heavy (non-hydrogen) atoms. The van der Waals surface area contributed by atoms with Crippen LogP contribution in [-0.2, 0) is 14.3 Å². The quantitative estimate of drug-likeness (QED) is 0.802. The van der Waals surface area contributed by atoms with Crippen molar-refractivity contribution in [1.29, 1.82) is 0 Å². The number of hydrogen-bond acceptors (Lipinski definition) is 5. The lowest BCUT2D eigenvalue weighted by atomic mass is 9.78. The Morgan fingerprint density at radius 2 is 2.00 bits per heavy atom. The molecule has 1 heterocycles. The van der Waals surface area contributed by atoms with E-state index in [1.807, 2.05) is 6.92 Å². The van der Waals surface area contributed by atoms with Crippen LogP contribution in [0.5, 0.6) is 0 Å². The summed E-state index contributed by atoms with van der Waals surface area (Å²) in [5, 5.41) is 10.9. The van der Waals surface area contributed by atoms with Crippen LogP contribution in [0.15, 0.2) is 0 Å². The maximum atomic E-state index is 11.8. The van der Waals surface area contributed by atoms with E-state index >= 15 is 0 Å². The van der Waals surface area contributed by atoms with E-state index in [9.17, 15) is 9.90 Å². The van der Waals surface area contributed by atoms with Gasteiger partial charge < -0.3 is 14.6 Å². The van der Waals surface area contributed by atoms with Crippen molar-refractivity contribution in [3.8, 4) is 0 Å². The fourth-order valence-corrected chi connectivity index (χ4v) is 3.60. The lowest BCUT2D eigenvalue weighted by molar-refractivity contribution is -0.152. The molecule has 134 valence electrons. The van der Waals surface area contributed by atoms with Gasteiger partial charge in [0, 0.05) is 19.6 Å². The van der Waals surface area contributed by atoms with Gasteiger partial charge >= 0.3 is 5.97 Å². The molecular weight excluding hydrogens is 294 g/mol. The second-order valence-electron chi connectivity index (χ2n) is 8.21. The SMILES string of the molecule is CCOC(=O)C1CCC(O)(CN2CCOC(C(C)(C)C)C2)CC1. The molecule has 1 saturated carbocycles. The Hall–Kier alpha value is -0.650. The van der Waals surface area contributed by atoms with Crippen LogP contribution in [0.2, 0.25) is 0 Å². The normalized spacial score (nSPS) is 33.4. The molecule has 0 aromatic heterocycles. The molecule has 1 atom stereocenters. The van der Waals surface area contributed by atoms with E-state index in [-0.39, 0.29) is 23.4 Å². The van der Waals surface area contributed by atoms with Crippen molar-refractivity contribution in [1.82, 2.24) is 4.90 Å². The smallest absolute Gasteiger partial charge is 0.308 e. The summed E-state index contributed by atoms with van der Waals surface area (Å²) in [7, 11) is 0. The summed E-state index contributed by atoms with van der Waals surface area (Å²) in [5.41, 5.74) is -0.564. The zero-order chi connectivity index (χ0) is 17.1. The van der Waals surface area contributed by atoms with E-state index in [4.69, 9.17) is 9.47 Å². The Labute approximate surface area is 140 Å². The molecule has 5 nitrogen and oxygen atoms in total. The number of esters is 1. The predicted octanol–water partition coefficient (Wildman–Crippen LogP) is 2.22. The van der Waals surface area contributed by atoms with Gasteiger partial charge in [-0.1, -0.05) is 20.8 Å². The molecule has 0 bridgehead atoms. The third kappa shape index (κ3) is 5.16. The molecule has 1 aliphatic heterocycles. The van der Waals surface area contributed by atoms with Crippen LogP contribution >= 0.6 is 0 Å². The van der Waals surface area contributed by atoms with Crippen LogP contribution in [0.3, 0.4) is 0 Å². The van der Waals surface area contributed by atoms with E-state index in [0.717, 1.165) is 32.5 Å². The summed E-state index contributed by atoms with van der Waals surface area (Å²) in [5.74, 6) is -0.143. The number of rotatable bonds is 4. The van der Waals surface area contributed by atoms with Gasteiger partial charge in [0.1, 0.15) is 0 Å². The molecule has 1 unspecified atom stereocenters. The molecule has 0 spiro atoms. The third-order valence-electron chi connectivity index (χ3n) is 5.17. The first-order valence-corrected chi connectivity index (χ1v) is 8.96. The van der Waals surface area contributed by atoms with Crippen molar-refractivity contribution in [3.63, 3.8) is 0 Å². The Bertz CT molecular complexity index is 396. The first kappa shape index (κ1) is 18.7. The molecule has 1 aliphatic carbocycles. The zero-order valence-electron chi connectivity index (χ0n) is 15.1. The van der Waals surface area contributed by atoms with E-state index in [0.29, 0.717) is 26.0 Å². The summed E-state index contributed by atoms with van der Waals surface area (Å²) in [6, 6.07) is 0. The molecule has 1 N–H and O–H groups in total. The standard InChI is InChI=1S/C18H33NO4/c1-5-22-16(20)14-6-8-18(21,9-7-14)13-19-10-11-23-15(12-19)17(2,3)4/h14-15,21H,5-13H2,1-4H3. The fourth-order valence-electron chi connectivity index (χ4n) is 3.60. The van der Waals surface area contributed by atoms with Gasteiger partial charge in [-0.05, 0) is 38.0 Å². The number of hydrogen-bond donors (Lipinski definition) is 1. The van der Waals surface area contributed by atoms with Crippen LogP contribution in [-0.4, -0.2) is 60.5 Å². The van der Waals surface area contributed by atoms with Crippen molar-refractivity contribution >= 4 is 5.97 Å². The highest BCUT2D eigenvalue weighted by atomic mass is 16.5. The van der Waals surface area contributed by atoms with E-state index in [2.05, 4.69) is 25.7 Å². The van der Waals surface area contributed by atoms with E-state index < -0.39 is 5.60 Å². The average Bonchev–Trinajstić information content (AvgIpc) is 2.47. The van der Waals surface area contributed by atoms with Crippen molar-refractivity contribution in [2.24, 2.45) is 11.3 Å². The van der Waals surface area contributed by atoms with Gasteiger partial charge in [0.25, 0.3) is 0 Å². The Morgan fingerprint density at radius 3 is 2.57 bits per heavy atom. The van der Waals surface area contributed by atoms with Gasteiger partial charge in [-0.2, -0.15) is 0 Å². The van der Waals surface area contributed by atoms with Crippen molar-refractivity contribution < 1.29 is 19.4 Å². The lowest BCUT2D eigenvalue weighted by Gasteiger charge is -2.44. The predicted molar refractivity (Wildman–Crippen MR) is 89.2 cm³/mol. The van der Waals surface area contributed by atoms with Gasteiger partial charge in [-0.25, -0.2) is 0 Å². The van der Waals surface area contributed by atoms with Gasteiger partial charge in [-0.3, -0.25) is 9.69 Å². The molecule has 0 radical (unpaired) electrons. The van der Waals surface area contributed by atoms with Gasteiger partial charge in [-0.15, -0.1) is 0 Å². The van der Waals surface area contributed by atoms with Crippen molar-refractivity contribution in [2.75, 3.05) is 32.8 Å². The Kier molecular flexibility index (Phi) is 6.09. The minimum atomic E-state index is -0.678. The summed E-state index contributed by atoms with van der Waals surface area (Å²) in [4.78, 5) is 14.1. The summed E-state index contributed by atoms with van der Waals surface area (Å²) < 4.78 is 11.0. The van der Waals surface area contributed by atoms with Crippen LogP contribution in [0, 0.1) is 11.3 Å². The van der Waals surface area contributed by atoms with Crippen LogP contribution < -0.4 is 0 Å². The lowest BCUT2D eigenvalue weighted by Crippen LogP contribution is -2.54. The molecular formula is C18H33NO4. The molecule has 2 fully saturated rings. The number of carbonyl (C=O) groups is 1. The Balaban J connectivity index is 1.84. The van der Waals surface area contributed by atoms with Gasteiger partial charge in [0.05, 0.1) is 30.8 Å². The fraction of sp³-hybridized carbons (Fsp3) is 0.944. The second kappa shape index (κ2) is 7.49. The van der Waals surface area contributed by atoms with E-state index in [1.165, 1.54) is 0 Å². The summed E-state index contributed by atoms with van der Waals surface area (Å²) >= 11 is 0. The minimum Gasteiger partial charge on any atom is -0.466 e. The average molecular weight is 327 g/mol. The third-order valence-corrected chi connectivity index (χ3v) is 5.17. The molecule has 0 aromatic rings. The number of nitrogens with zero attached hydrogens (tertiary/aromatic N) is 1. The van der Waals surface area contributed by atoms with Crippen molar-refractivity contribution in [2.45, 2.75) is 65.1 Å². The highest BCUT2D eigenvalue weighted by molar-refractivity contribution is 5.72.